The molecule has 0 aromatic carbocycles. The summed E-state index contributed by atoms with van der Waals surface area (Å²) in [5, 5.41) is 15.3. The minimum Gasteiger partial charge on any atom is -0.481 e. The molecular weight excluding hydrogens is 583 g/mol. The Labute approximate surface area is 236 Å². The van der Waals surface area contributed by atoms with Crippen LogP contribution in [0, 0.1) is 5.92 Å². The van der Waals surface area contributed by atoms with Crippen molar-refractivity contribution in [2.24, 2.45) is 5.92 Å². The second-order valence-corrected chi connectivity index (χ2v) is 18.4. The molecule has 0 saturated heterocycles. The predicted octanol–water partition coefficient (Wildman–Crippen LogP) is 9.42. The first-order valence-corrected chi connectivity index (χ1v) is 21.6. The fraction of sp³-hybridized carbons (Fsp3) is 0.929. The molecule has 0 bridgehead atoms. The average Bonchev–Trinajstić information content (AvgIpc) is 2.86. The van der Waals surface area contributed by atoms with Crippen LogP contribution in [0.4, 0.5) is 0 Å². The summed E-state index contributed by atoms with van der Waals surface area (Å²) in [6.45, 7) is 9.47. The Hall–Kier alpha value is 0.439. The maximum absolute atomic E-state index is 9.29. The number of carbonyl (C=O) groups is 2. The van der Waals surface area contributed by atoms with Crippen LogP contribution in [0.3, 0.4) is 0 Å². The van der Waals surface area contributed by atoms with Gasteiger partial charge in [-0.05, 0) is 0 Å². The van der Waals surface area contributed by atoms with E-state index in [9.17, 15) is 9.59 Å². The zero-order valence-corrected chi connectivity index (χ0v) is 28.2. The molecule has 0 spiro atoms. The summed E-state index contributed by atoms with van der Waals surface area (Å²) >= 11 is 5.74. The van der Waals surface area contributed by atoms with E-state index in [1.807, 2.05) is 0 Å². The van der Waals surface area contributed by atoms with E-state index in [1.165, 1.54) is 89.9 Å². The summed E-state index contributed by atoms with van der Waals surface area (Å²) in [5.41, 5.74) is 0. The monoisotopic (exact) mass is 643 g/mol. The van der Waals surface area contributed by atoms with E-state index in [1.54, 1.807) is 26.2 Å². The first kappa shape index (κ1) is 39.9. The van der Waals surface area contributed by atoms with E-state index in [0.717, 1.165) is 5.92 Å². The van der Waals surface area contributed by atoms with Gasteiger partial charge in [0.05, 0.1) is 11.5 Å². The summed E-state index contributed by atoms with van der Waals surface area (Å²) in [6.07, 6.45) is 23.8. The first-order chi connectivity index (χ1) is 16.8. The molecule has 211 valence electrons. The molecule has 0 saturated carbocycles. The van der Waals surface area contributed by atoms with Gasteiger partial charge in [-0.3, -0.25) is 9.59 Å². The van der Waals surface area contributed by atoms with Crippen LogP contribution in [0.25, 0.3) is 0 Å². The zero-order valence-electron chi connectivity index (χ0n) is 23.5. The van der Waals surface area contributed by atoms with Gasteiger partial charge in [0.1, 0.15) is 0 Å². The van der Waals surface area contributed by atoms with Crippen molar-refractivity contribution >= 4 is 57.0 Å². The Morgan fingerprint density at radius 3 is 1.29 bits per heavy atom. The van der Waals surface area contributed by atoms with Gasteiger partial charge in [-0.1, -0.05) is 0 Å². The summed E-state index contributed by atoms with van der Waals surface area (Å²) in [4.78, 5) is 18.6. The van der Waals surface area contributed by atoms with E-state index in [-0.39, 0.29) is 11.5 Å². The molecule has 0 heterocycles. The Kier molecular flexibility index (Phi) is 39.3. The Morgan fingerprint density at radius 1 is 0.629 bits per heavy atom. The molecule has 35 heavy (non-hydrogen) atoms. The summed E-state index contributed by atoms with van der Waals surface area (Å²) < 4.78 is 5.15. The van der Waals surface area contributed by atoms with Gasteiger partial charge >= 0.3 is 181 Å². The molecule has 1 unspecified atom stereocenters. The molecule has 0 aliphatic rings. The average molecular weight is 643 g/mol. The predicted molar refractivity (Wildman–Crippen MR) is 163 cm³/mol. The minimum atomic E-state index is -1.09. The van der Waals surface area contributed by atoms with Crippen molar-refractivity contribution in [3.63, 3.8) is 0 Å². The molecular formula is C28H59O4S2Sn. The number of thiol groups is 2. The molecule has 0 aliphatic heterocycles. The maximum atomic E-state index is 9.29. The normalized spacial score (nSPS) is 11.3. The number of unbranched alkanes of at least 4 members (excludes halogenated alkanes) is 11. The molecule has 0 aliphatic carbocycles. The summed E-state index contributed by atoms with van der Waals surface area (Å²) in [7, 11) is 0. The Morgan fingerprint density at radius 2 is 0.971 bits per heavy atom. The van der Waals surface area contributed by atoms with Crippen LogP contribution in [0.15, 0.2) is 0 Å². The van der Waals surface area contributed by atoms with Crippen molar-refractivity contribution in [3.8, 4) is 0 Å². The number of carboxylic acids is 2. The number of hydrogen-bond donors (Lipinski definition) is 4. The van der Waals surface area contributed by atoms with Crippen LogP contribution in [0.1, 0.15) is 130 Å². The topological polar surface area (TPSA) is 74.6 Å². The van der Waals surface area contributed by atoms with Gasteiger partial charge in [0.15, 0.2) is 0 Å². The smallest absolute Gasteiger partial charge is 0.313 e. The van der Waals surface area contributed by atoms with Crippen molar-refractivity contribution in [1.29, 1.82) is 0 Å². The van der Waals surface area contributed by atoms with Gasteiger partial charge in [0, 0.05) is 0 Å². The zero-order chi connectivity index (χ0) is 27.2. The van der Waals surface area contributed by atoms with Crippen molar-refractivity contribution in [1.82, 2.24) is 0 Å². The molecule has 0 rings (SSSR count). The van der Waals surface area contributed by atoms with Crippen molar-refractivity contribution in [2.75, 3.05) is 11.5 Å². The van der Waals surface area contributed by atoms with E-state index >= 15 is 0 Å². The van der Waals surface area contributed by atoms with Gasteiger partial charge in [-0.25, -0.2) is 0 Å². The molecule has 1 radical (unpaired) electrons. The first-order valence-electron chi connectivity index (χ1n) is 14.3. The third kappa shape index (κ3) is 39.1. The van der Waals surface area contributed by atoms with Crippen LogP contribution < -0.4 is 0 Å². The molecule has 1 atom stereocenters. The van der Waals surface area contributed by atoms with Crippen molar-refractivity contribution in [3.05, 3.63) is 0 Å². The standard InChI is InChI=1S/3C8H17.2C2H4O2S.Sn/c1-4-6-7-8(3)5-2;2*1-3-5-7-8-6-4-2;2*3-2(4)1-5;/h8H,3-7H2,1-2H3;2*1,3-8H2,2H3;2*5H,1H2,(H,3,4);. The van der Waals surface area contributed by atoms with Crippen molar-refractivity contribution in [2.45, 2.75) is 144 Å². The summed E-state index contributed by atoms with van der Waals surface area (Å²) in [6, 6.07) is 0. The molecule has 7 heteroatoms. The number of rotatable bonds is 22. The third-order valence-corrected chi connectivity index (χ3v) is 16.1. The van der Waals surface area contributed by atoms with E-state index < -0.39 is 31.7 Å². The van der Waals surface area contributed by atoms with Crippen LogP contribution in [0.5, 0.6) is 0 Å². The van der Waals surface area contributed by atoms with Gasteiger partial charge in [0.2, 0.25) is 0 Å². The molecule has 4 nitrogen and oxygen atoms in total. The molecule has 0 aromatic rings. The van der Waals surface area contributed by atoms with Crippen LogP contribution in [-0.4, -0.2) is 53.4 Å². The maximum Gasteiger partial charge on any atom is 0.313 e. The number of hydrogen-bond acceptors (Lipinski definition) is 4. The number of aliphatic carboxylic acids is 2. The second kappa shape index (κ2) is 34.4. The van der Waals surface area contributed by atoms with Crippen LogP contribution >= 0.6 is 25.3 Å². The van der Waals surface area contributed by atoms with Gasteiger partial charge < -0.3 is 10.2 Å². The Balaban J connectivity index is -0.000000853. The van der Waals surface area contributed by atoms with Gasteiger partial charge in [0.25, 0.3) is 0 Å². The van der Waals surface area contributed by atoms with E-state index in [0.29, 0.717) is 0 Å². The minimum absolute atomic E-state index is 0.0833. The number of carboxylic acid groups (broad SMARTS) is 2. The summed E-state index contributed by atoms with van der Waals surface area (Å²) in [5.74, 6) is -0.837. The Bertz CT molecular complexity index is 409. The third-order valence-electron chi connectivity index (χ3n) is 6.16. The van der Waals surface area contributed by atoms with Crippen LogP contribution in [-0.2, 0) is 9.59 Å². The van der Waals surface area contributed by atoms with E-state index in [2.05, 4.69) is 53.0 Å². The fourth-order valence-corrected chi connectivity index (χ4v) is 13.9. The fourth-order valence-electron chi connectivity index (χ4n) is 3.99. The quantitative estimate of drug-likeness (QED) is 0.0540. The molecule has 2 N–H and O–H groups in total. The van der Waals surface area contributed by atoms with Crippen LogP contribution in [0.2, 0.25) is 13.3 Å². The molecule has 0 amide bonds. The van der Waals surface area contributed by atoms with Gasteiger partial charge in [-0.2, -0.15) is 25.3 Å². The second-order valence-electron chi connectivity index (χ2n) is 9.51. The largest absolute Gasteiger partial charge is 0.481 e. The van der Waals surface area contributed by atoms with Gasteiger partial charge in [-0.15, -0.1) is 0 Å². The SMILES string of the molecule is CCCCCCC[CH2][Sn]([CH2]CCCCCCC)[CH2]C(CC)CCCC.O=C(O)CS.O=C(O)CS. The van der Waals surface area contributed by atoms with E-state index in [4.69, 9.17) is 10.2 Å². The van der Waals surface area contributed by atoms with Crippen molar-refractivity contribution < 1.29 is 19.8 Å². The molecule has 0 fully saturated rings. The molecule has 0 aromatic heterocycles.